The Morgan fingerprint density at radius 1 is 1.00 bits per heavy atom. The molecule has 0 aliphatic carbocycles. The average molecular weight is 361 g/mol. The maximum atomic E-state index is 12.3. The van der Waals surface area contributed by atoms with E-state index in [1.807, 2.05) is 48.3 Å². The second-order valence-electron chi connectivity index (χ2n) is 6.29. The van der Waals surface area contributed by atoms with E-state index in [0.717, 1.165) is 30.9 Å². The Hall–Kier alpha value is -3.28. The lowest BCUT2D eigenvalue weighted by molar-refractivity contribution is 0.102. The molecule has 6 nitrogen and oxygen atoms in total. The number of hydrogen-bond donors (Lipinski definition) is 1. The van der Waals surface area contributed by atoms with Gasteiger partial charge in [0, 0.05) is 31.7 Å². The molecule has 0 aliphatic rings. The molecule has 0 radical (unpaired) electrons. The first-order valence-corrected chi connectivity index (χ1v) is 8.98. The third-order valence-corrected chi connectivity index (χ3v) is 4.37. The first-order valence-electron chi connectivity index (χ1n) is 8.98. The summed E-state index contributed by atoms with van der Waals surface area (Å²) >= 11 is 0. The van der Waals surface area contributed by atoms with E-state index in [1.54, 1.807) is 18.6 Å². The fourth-order valence-electron chi connectivity index (χ4n) is 2.62. The lowest BCUT2D eigenvalue weighted by Crippen LogP contribution is -2.22. The number of nitrogens with zero attached hydrogens (tertiary/aromatic N) is 4. The van der Waals surface area contributed by atoms with Gasteiger partial charge in [-0.2, -0.15) is 0 Å². The number of benzene rings is 1. The van der Waals surface area contributed by atoms with Crippen molar-refractivity contribution >= 4 is 17.4 Å². The van der Waals surface area contributed by atoms with Crippen LogP contribution in [0.4, 0.5) is 11.5 Å². The van der Waals surface area contributed by atoms with Gasteiger partial charge in [-0.3, -0.25) is 9.78 Å². The van der Waals surface area contributed by atoms with Gasteiger partial charge in [0.15, 0.2) is 0 Å². The Morgan fingerprint density at radius 2 is 1.74 bits per heavy atom. The van der Waals surface area contributed by atoms with Crippen LogP contribution in [0.3, 0.4) is 0 Å². The van der Waals surface area contributed by atoms with E-state index in [4.69, 9.17) is 0 Å². The van der Waals surface area contributed by atoms with Gasteiger partial charge in [-0.25, -0.2) is 9.97 Å². The van der Waals surface area contributed by atoms with E-state index in [1.165, 1.54) is 17.3 Å². The molecule has 1 aromatic carbocycles. The number of aryl methyl sites for hydroxylation is 1. The summed E-state index contributed by atoms with van der Waals surface area (Å²) in [5.41, 5.74) is 3.49. The number of carbonyl (C=O) groups excluding carboxylic acids is 1. The molecule has 2 aromatic heterocycles. The molecule has 0 spiro atoms. The van der Waals surface area contributed by atoms with E-state index in [9.17, 15) is 4.79 Å². The lowest BCUT2D eigenvalue weighted by atomic mass is 10.1. The molecule has 6 heteroatoms. The molecule has 138 valence electrons. The monoisotopic (exact) mass is 361 g/mol. The first kappa shape index (κ1) is 18.5. The van der Waals surface area contributed by atoms with Crippen molar-refractivity contribution in [1.29, 1.82) is 0 Å². The van der Waals surface area contributed by atoms with Gasteiger partial charge in [0.2, 0.25) is 0 Å². The smallest absolute Gasteiger partial charge is 0.275 e. The molecule has 27 heavy (non-hydrogen) atoms. The first-order chi connectivity index (χ1) is 13.2. The lowest BCUT2D eigenvalue weighted by Gasteiger charge is -2.17. The zero-order chi connectivity index (χ0) is 19.1. The predicted molar refractivity (Wildman–Crippen MR) is 107 cm³/mol. The summed E-state index contributed by atoms with van der Waals surface area (Å²) in [6.45, 7) is 2.90. The Morgan fingerprint density at radius 3 is 2.37 bits per heavy atom. The fraction of sp³-hybridized carbons (Fsp3) is 0.238. The minimum Gasteiger partial charge on any atom is -0.358 e. The van der Waals surface area contributed by atoms with Gasteiger partial charge in [-0.05, 0) is 48.2 Å². The maximum absolute atomic E-state index is 12.3. The summed E-state index contributed by atoms with van der Waals surface area (Å²) in [6.07, 6.45) is 8.57. The van der Waals surface area contributed by atoms with Crippen molar-refractivity contribution in [1.82, 2.24) is 15.0 Å². The number of nitrogens with one attached hydrogen (secondary N) is 1. The molecule has 0 saturated carbocycles. The van der Waals surface area contributed by atoms with Crippen LogP contribution >= 0.6 is 0 Å². The number of anilines is 2. The molecule has 2 heterocycles. The third kappa shape index (κ3) is 5.10. The second-order valence-corrected chi connectivity index (χ2v) is 6.29. The highest BCUT2D eigenvalue weighted by atomic mass is 16.1. The summed E-state index contributed by atoms with van der Waals surface area (Å²) in [7, 11) is 1.96. The topological polar surface area (TPSA) is 71.0 Å². The number of hydrogen-bond acceptors (Lipinski definition) is 5. The van der Waals surface area contributed by atoms with Gasteiger partial charge < -0.3 is 10.2 Å². The highest BCUT2D eigenvalue weighted by molar-refractivity contribution is 6.02. The third-order valence-electron chi connectivity index (χ3n) is 4.37. The van der Waals surface area contributed by atoms with Gasteiger partial charge in [0.05, 0.1) is 12.4 Å². The number of amides is 1. The molecule has 3 aromatic rings. The van der Waals surface area contributed by atoms with E-state index >= 15 is 0 Å². The minimum atomic E-state index is -0.266. The van der Waals surface area contributed by atoms with E-state index in [-0.39, 0.29) is 5.91 Å². The summed E-state index contributed by atoms with van der Waals surface area (Å²) in [6, 6.07) is 11.8. The van der Waals surface area contributed by atoms with Gasteiger partial charge >= 0.3 is 0 Å². The van der Waals surface area contributed by atoms with Crippen molar-refractivity contribution in [3.05, 3.63) is 78.0 Å². The van der Waals surface area contributed by atoms with E-state index in [0.29, 0.717) is 5.69 Å². The zero-order valence-electron chi connectivity index (χ0n) is 15.6. The summed E-state index contributed by atoms with van der Waals surface area (Å²) in [5, 5.41) is 2.84. The van der Waals surface area contributed by atoms with Crippen LogP contribution in [0.15, 0.2) is 61.2 Å². The Kier molecular flexibility index (Phi) is 6.10. The van der Waals surface area contributed by atoms with Crippen LogP contribution in [0, 0.1) is 0 Å². The van der Waals surface area contributed by atoms with E-state index < -0.39 is 0 Å². The molecule has 1 N–H and O–H groups in total. The van der Waals surface area contributed by atoms with Gasteiger partial charge in [0.25, 0.3) is 5.91 Å². The molecule has 0 atom stereocenters. The maximum Gasteiger partial charge on any atom is 0.275 e. The molecule has 0 fully saturated rings. The van der Waals surface area contributed by atoms with Gasteiger partial charge in [0.1, 0.15) is 11.5 Å². The molecule has 0 bridgehead atoms. The predicted octanol–water partition coefficient (Wildman–Crippen LogP) is 3.37. The van der Waals surface area contributed by atoms with Crippen molar-refractivity contribution < 1.29 is 4.79 Å². The Balaban J connectivity index is 1.57. The number of rotatable bonds is 7. The number of carbonyl (C=O) groups is 1. The molecule has 1 amide bonds. The van der Waals surface area contributed by atoms with Crippen LogP contribution in [0.2, 0.25) is 0 Å². The molecule has 3 rings (SSSR count). The average Bonchev–Trinajstić information content (AvgIpc) is 2.73. The van der Waals surface area contributed by atoms with Crippen LogP contribution in [-0.4, -0.2) is 34.5 Å². The van der Waals surface area contributed by atoms with Crippen LogP contribution in [0.5, 0.6) is 0 Å². The van der Waals surface area contributed by atoms with Crippen molar-refractivity contribution in [2.45, 2.75) is 19.8 Å². The van der Waals surface area contributed by atoms with Crippen molar-refractivity contribution in [2.75, 3.05) is 23.8 Å². The summed E-state index contributed by atoms with van der Waals surface area (Å²) in [4.78, 5) is 27.0. The Labute approximate surface area is 159 Å². The number of aromatic nitrogens is 3. The highest BCUT2D eigenvalue weighted by Gasteiger charge is 2.10. The molecule has 0 unspecified atom stereocenters. The largest absolute Gasteiger partial charge is 0.358 e. The summed E-state index contributed by atoms with van der Waals surface area (Å²) in [5.74, 6) is 0.464. The van der Waals surface area contributed by atoms with E-state index in [2.05, 4.69) is 27.2 Å². The SMILES string of the molecule is CCc1ccc(NC(=O)c2cnc(N(C)CCc3ccncc3)cn2)cc1. The van der Waals surface area contributed by atoms with Gasteiger partial charge in [-0.15, -0.1) is 0 Å². The molecular weight excluding hydrogens is 338 g/mol. The van der Waals surface area contributed by atoms with Crippen LogP contribution in [0.1, 0.15) is 28.5 Å². The fourth-order valence-corrected chi connectivity index (χ4v) is 2.62. The quantitative estimate of drug-likeness (QED) is 0.699. The van der Waals surface area contributed by atoms with Crippen LogP contribution < -0.4 is 10.2 Å². The minimum absolute atomic E-state index is 0.266. The molecule has 0 aliphatic heterocycles. The highest BCUT2D eigenvalue weighted by Crippen LogP contribution is 2.12. The standard InChI is InChI=1S/C21H23N5O/c1-3-16-4-6-18(7-5-16)25-21(27)19-14-24-20(15-23-19)26(2)13-10-17-8-11-22-12-9-17/h4-9,11-12,14-15H,3,10,13H2,1-2H3,(H,25,27). The van der Waals surface area contributed by atoms with Crippen molar-refractivity contribution in [3.8, 4) is 0 Å². The van der Waals surface area contributed by atoms with Crippen molar-refractivity contribution in [2.24, 2.45) is 0 Å². The van der Waals surface area contributed by atoms with Gasteiger partial charge in [-0.1, -0.05) is 19.1 Å². The second kappa shape index (κ2) is 8.89. The zero-order valence-corrected chi connectivity index (χ0v) is 15.6. The molecule has 0 saturated heterocycles. The Bertz CT molecular complexity index is 863. The number of pyridine rings is 1. The molecular formula is C21H23N5O. The normalized spacial score (nSPS) is 10.4. The summed E-state index contributed by atoms with van der Waals surface area (Å²) < 4.78 is 0. The van der Waals surface area contributed by atoms with Crippen molar-refractivity contribution in [3.63, 3.8) is 0 Å². The van der Waals surface area contributed by atoms with Crippen LogP contribution in [-0.2, 0) is 12.8 Å². The van der Waals surface area contributed by atoms with Crippen LogP contribution in [0.25, 0.3) is 0 Å². The number of likely N-dealkylation sites (N-methyl/N-ethyl adjacent to an activating group) is 1.